The van der Waals surface area contributed by atoms with Crippen LogP contribution in [-0.2, 0) is 14.3 Å². The van der Waals surface area contributed by atoms with Gasteiger partial charge < -0.3 is 10.1 Å². The zero-order valence-corrected chi connectivity index (χ0v) is 9.77. The maximum absolute atomic E-state index is 11.8. The summed E-state index contributed by atoms with van der Waals surface area (Å²) >= 11 is 0. The number of rotatable bonds is 4. The Labute approximate surface area is 95.4 Å². The first kappa shape index (κ1) is 12.5. The third kappa shape index (κ3) is 2.95. The van der Waals surface area contributed by atoms with Gasteiger partial charge >= 0.3 is 5.97 Å². The highest BCUT2D eigenvalue weighted by Gasteiger charge is 2.27. The van der Waals surface area contributed by atoms with Crippen molar-refractivity contribution < 1.29 is 14.3 Å². The molecule has 1 aliphatic carbocycles. The monoisotopic (exact) mass is 223 g/mol. The van der Waals surface area contributed by atoms with Crippen molar-refractivity contribution in [3.8, 4) is 0 Å². The molecule has 0 aliphatic heterocycles. The number of ether oxygens (including phenoxy) is 1. The quantitative estimate of drug-likeness (QED) is 0.724. The molecule has 1 aliphatic rings. The fourth-order valence-corrected chi connectivity index (χ4v) is 1.48. The zero-order valence-electron chi connectivity index (χ0n) is 9.77. The summed E-state index contributed by atoms with van der Waals surface area (Å²) in [7, 11) is 1.32. The van der Waals surface area contributed by atoms with Crippen molar-refractivity contribution in [1.29, 1.82) is 0 Å². The second-order valence-corrected chi connectivity index (χ2v) is 4.05. The second-order valence-electron chi connectivity index (χ2n) is 4.05. The molecule has 0 bridgehead atoms. The summed E-state index contributed by atoms with van der Waals surface area (Å²) in [5.41, 5.74) is 0. The van der Waals surface area contributed by atoms with Gasteiger partial charge in [-0.1, -0.05) is 38.2 Å². The van der Waals surface area contributed by atoms with Gasteiger partial charge in [-0.2, -0.15) is 0 Å². The largest absolute Gasteiger partial charge is 0.467 e. The van der Waals surface area contributed by atoms with Crippen LogP contribution in [0.2, 0.25) is 0 Å². The van der Waals surface area contributed by atoms with Gasteiger partial charge in [0.15, 0.2) is 0 Å². The van der Waals surface area contributed by atoms with Gasteiger partial charge in [0.2, 0.25) is 5.91 Å². The molecule has 4 heteroatoms. The van der Waals surface area contributed by atoms with E-state index in [1.165, 1.54) is 7.11 Å². The maximum atomic E-state index is 11.8. The van der Waals surface area contributed by atoms with E-state index in [0.717, 1.165) is 0 Å². The molecule has 1 atom stereocenters. The number of nitrogens with one attached hydrogen (secondary N) is 1. The Morgan fingerprint density at radius 1 is 1.25 bits per heavy atom. The van der Waals surface area contributed by atoms with E-state index < -0.39 is 12.0 Å². The number of esters is 1. The number of hydrogen-bond acceptors (Lipinski definition) is 3. The molecule has 16 heavy (non-hydrogen) atoms. The van der Waals surface area contributed by atoms with Crippen LogP contribution in [0.1, 0.15) is 13.8 Å². The van der Waals surface area contributed by atoms with Crippen LogP contribution < -0.4 is 5.32 Å². The van der Waals surface area contributed by atoms with Crippen LogP contribution in [0.3, 0.4) is 0 Å². The van der Waals surface area contributed by atoms with Gasteiger partial charge in [-0.05, 0) is 5.92 Å². The minimum absolute atomic E-state index is 0.00534. The fraction of sp³-hybridized carbons (Fsp3) is 0.500. The highest BCUT2D eigenvalue weighted by atomic mass is 16.5. The van der Waals surface area contributed by atoms with Gasteiger partial charge in [0.1, 0.15) is 6.04 Å². The third-order valence-electron chi connectivity index (χ3n) is 2.47. The van der Waals surface area contributed by atoms with Crippen LogP contribution in [0, 0.1) is 11.8 Å². The lowest BCUT2D eigenvalue weighted by Crippen LogP contribution is -2.46. The Hall–Kier alpha value is -1.58. The molecule has 0 aromatic rings. The molecule has 88 valence electrons. The van der Waals surface area contributed by atoms with Gasteiger partial charge in [-0.3, -0.25) is 4.79 Å². The maximum Gasteiger partial charge on any atom is 0.328 e. The molecular formula is C12H17NO3. The number of carbonyl (C=O) groups excluding carboxylic acids is 2. The molecule has 1 amide bonds. The highest BCUT2D eigenvalue weighted by Crippen LogP contribution is 2.11. The minimum atomic E-state index is -0.583. The SMILES string of the molecule is COC(=O)[C@H](NC(=O)C1C=CC=C1)C(C)C. The minimum Gasteiger partial charge on any atom is -0.467 e. The molecular weight excluding hydrogens is 206 g/mol. The normalized spacial score (nSPS) is 16.5. The van der Waals surface area contributed by atoms with E-state index in [-0.39, 0.29) is 17.7 Å². The first-order chi connectivity index (χ1) is 7.56. The smallest absolute Gasteiger partial charge is 0.328 e. The molecule has 4 nitrogen and oxygen atoms in total. The summed E-state index contributed by atoms with van der Waals surface area (Å²) < 4.78 is 4.65. The number of carbonyl (C=O) groups is 2. The molecule has 0 heterocycles. The first-order valence-corrected chi connectivity index (χ1v) is 5.29. The Morgan fingerprint density at radius 2 is 1.81 bits per heavy atom. The summed E-state index contributed by atoms with van der Waals surface area (Å²) in [6.07, 6.45) is 7.19. The Morgan fingerprint density at radius 3 is 2.25 bits per heavy atom. The summed E-state index contributed by atoms with van der Waals surface area (Å²) in [5, 5.41) is 2.69. The Balaban J connectivity index is 2.61. The average Bonchev–Trinajstić information content (AvgIpc) is 2.77. The van der Waals surface area contributed by atoms with Gasteiger partial charge in [0, 0.05) is 0 Å². The molecule has 0 aromatic heterocycles. The molecule has 1 rings (SSSR count). The van der Waals surface area contributed by atoms with E-state index in [2.05, 4.69) is 10.1 Å². The van der Waals surface area contributed by atoms with Crippen LogP contribution in [-0.4, -0.2) is 25.0 Å². The van der Waals surface area contributed by atoms with Crippen LogP contribution in [0.5, 0.6) is 0 Å². The van der Waals surface area contributed by atoms with Crippen LogP contribution in [0.25, 0.3) is 0 Å². The summed E-state index contributed by atoms with van der Waals surface area (Å²) in [6.45, 7) is 3.73. The van der Waals surface area contributed by atoms with Crippen molar-refractivity contribution in [2.75, 3.05) is 7.11 Å². The Bertz CT molecular complexity index is 319. The van der Waals surface area contributed by atoms with Gasteiger partial charge in [0.05, 0.1) is 13.0 Å². The Kier molecular flexibility index (Phi) is 4.28. The fourth-order valence-electron chi connectivity index (χ4n) is 1.48. The molecule has 0 unspecified atom stereocenters. The molecule has 0 spiro atoms. The number of hydrogen-bond donors (Lipinski definition) is 1. The number of methoxy groups -OCH3 is 1. The van der Waals surface area contributed by atoms with Crippen molar-refractivity contribution in [2.24, 2.45) is 11.8 Å². The topological polar surface area (TPSA) is 55.4 Å². The van der Waals surface area contributed by atoms with E-state index in [0.29, 0.717) is 0 Å². The van der Waals surface area contributed by atoms with Crippen molar-refractivity contribution in [3.05, 3.63) is 24.3 Å². The predicted octanol–water partition coefficient (Wildman–Crippen LogP) is 1.04. The van der Waals surface area contributed by atoms with E-state index in [9.17, 15) is 9.59 Å². The predicted molar refractivity (Wildman–Crippen MR) is 60.6 cm³/mol. The van der Waals surface area contributed by atoms with Crippen LogP contribution >= 0.6 is 0 Å². The summed E-state index contributed by atoms with van der Waals surface area (Å²) in [6, 6.07) is -0.583. The molecule has 0 aromatic carbocycles. The first-order valence-electron chi connectivity index (χ1n) is 5.29. The van der Waals surface area contributed by atoms with E-state index in [1.807, 2.05) is 26.0 Å². The van der Waals surface area contributed by atoms with Crippen LogP contribution in [0.4, 0.5) is 0 Å². The van der Waals surface area contributed by atoms with Crippen molar-refractivity contribution in [1.82, 2.24) is 5.32 Å². The van der Waals surface area contributed by atoms with Gasteiger partial charge in [-0.25, -0.2) is 4.79 Å². The van der Waals surface area contributed by atoms with Crippen molar-refractivity contribution >= 4 is 11.9 Å². The third-order valence-corrected chi connectivity index (χ3v) is 2.47. The van der Waals surface area contributed by atoms with E-state index in [1.54, 1.807) is 12.2 Å². The lowest BCUT2D eigenvalue weighted by Gasteiger charge is -2.20. The molecule has 0 saturated heterocycles. The van der Waals surface area contributed by atoms with Gasteiger partial charge in [-0.15, -0.1) is 0 Å². The standard InChI is InChI=1S/C12H17NO3/c1-8(2)10(12(15)16-3)13-11(14)9-6-4-5-7-9/h4-10H,1-3H3,(H,13,14)/t10-/m1/s1. The second kappa shape index (κ2) is 5.49. The average molecular weight is 223 g/mol. The van der Waals surface area contributed by atoms with Crippen LogP contribution in [0.15, 0.2) is 24.3 Å². The lowest BCUT2D eigenvalue weighted by atomic mass is 10.0. The van der Waals surface area contributed by atoms with Crippen molar-refractivity contribution in [3.63, 3.8) is 0 Å². The highest BCUT2D eigenvalue weighted by molar-refractivity contribution is 5.88. The van der Waals surface area contributed by atoms with Crippen molar-refractivity contribution in [2.45, 2.75) is 19.9 Å². The molecule has 1 N–H and O–H groups in total. The summed E-state index contributed by atoms with van der Waals surface area (Å²) in [4.78, 5) is 23.2. The number of allylic oxidation sites excluding steroid dienone is 2. The van der Waals surface area contributed by atoms with Gasteiger partial charge in [0.25, 0.3) is 0 Å². The van der Waals surface area contributed by atoms with E-state index >= 15 is 0 Å². The summed E-state index contributed by atoms with van der Waals surface area (Å²) in [5.74, 6) is -0.847. The molecule has 0 saturated carbocycles. The van der Waals surface area contributed by atoms with E-state index in [4.69, 9.17) is 0 Å². The zero-order chi connectivity index (χ0) is 12.1. The molecule has 0 fully saturated rings. The number of amides is 1. The molecule has 0 radical (unpaired) electrons. The lowest BCUT2D eigenvalue weighted by molar-refractivity contribution is -0.146.